The Hall–Kier alpha value is -4.62. The van der Waals surface area contributed by atoms with Gasteiger partial charge in [-0.15, -0.1) is 0 Å². The molecular weight excluding hydrogens is 973 g/mol. The van der Waals surface area contributed by atoms with Crippen molar-refractivity contribution in [3.8, 4) is 0 Å². The molecule has 1 saturated heterocycles. The van der Waals surface area contributed by atoms with Crippen molar-refractivity contribution in [1.82, 2.24) is 0 Å². The van der Waals surface area contributed by atoms with Crippen LogP contribution >= 0.6 is 0 Å². The first-order valence-corrected chi connectivity index (χ1v) is 29.9. The van der Waals surface area contributed by atoms with E-state index in [1.54, 1.807) is 6.08 Å². The number of esters is 3. The third-order valence-corrected chi connectivity index (χ3v) is 12.8. The minimum absolute atomic E-state index is 0.0231. The third-order valence-electron chi connectivity index (χ3n) is 12.8. The summed E-state index contributed by atoms with van der Waals surface area (Å²) < 4.78 is 28.3. The third kappa shape index (κ3) is 42.1. The molecule has 3 N–H and O–H groups in total. The van der Waals surface area contributed by atoms with Gasteiger partial charge in [-0.2, -0.15) is 0 Å². The van der Waals surface area contributed by atoms with Crippen LogP contribution in [-0.4, -0.2) is 89.2 Å². The van der Waals surface area contributed by atoms with E-state index in [-0.39, 0.29) is 25.9 Å². The number of carboxylic acids is 1. The van der Waals surface area contributed by atoms with Gasteiger partial charge < -0.3 is 39.0 Å². The fraction of sp³-hybridized carbons (Fsp3) is 0.662. The number of carboxylic acid groups (broad SMARTS) is 1. The second kappa shape index (κ2) is 52.1. The Morgan fingerprint density at radius 3 is 1.31 bits per heavy atom. The number of unbranched alkanes of at least 4 members (excludes halogenated alkanes) is 18. The molecule has 0 spiro atoms. The molecule has 1 fully saturated rings. The number of hydrogen-bond donors (Lipinski definition) is 3. The van der Waals surface area contributed by atoms with Crippen molar-refractivity contribution in [3.63, 3.8) is 0 Å². The molecule has 1 rings (SSSR count). The number of carbonyl (C=O) groups is 4. The highest BCUT2D eigenvalue weighted by atomic mass is 16.7. The predicted octanol–water partition coefficient (Wildman–Crippen LogP) is 15.4. The van der Waals surface area contributed by atoms with Crippen LogP contribution in [0.15, 0.2) is 109 Å². The number of hydrogen-bond acceptors (Lipinski definition) is 11. The molecule has 0 radical (unpaired) electrons. The average molecular weight is 1080 g/mol. The van der Waals surface area contributed by atoms with E-state index >= 15 is 0 Å². The van der Waals surface area contributed by atoms with Crippen LogP contribution in [-0.2, 0) is 42.9 Å². The van der Waals surface area contributed by atoms with E-state index in [2.05, 4.69) is 112 Å². The largest absolute Gasteiger partial charge is 0.479 e. The Labute approximate surface area is 465 Å². The van der Waals surface area contributed by atoms with E-state index in [4.69, 9.17) is 23.7 Å². The van der Waals surface area contributed by atoms with Gasteiger partial charge in [-0.3, -0.25) is 14.4 Å². The monoisotopic (exact) mass is 1080 g/mol. The SMILES string of the molecule is CC/C=C\C/C=C\C/C=C\C/C=C\C/C=C\CC(=O)OCC(COC1OC(C(=O)O)C(O)C(O)C1OC(=O)CCCCCCCCC/C=C\C/C=C\CCCCC)OC(=O)CCCCCCC/C=C\C/C=C\CCCCC. The molecule has 0 aromatic rings. The maximum Gasteiger partial charge on any atom is 0.335 e. The smallest absolute Gasteiger partial charge is 0.335 e. The molecule has 1 aliphatic heterocycles. The summed E-state index contributed by atoms with van der Waals surface area (Å²) in [6.07, 6.45) is 57.9. The predicted molar refractivity (Wildman–Crippen MR) is 312 cm³/mol. The minimum atomic E-state index is -1.92. The molecule has 0 aromatic carbocycles. The molecule has 0 bridgehead atoms. The minimum Gasteiger partial charge on any atom is -0.479 e. The molecule has 12 heteroatoms. The lowest BCUT2D eigenvalue weighted by Gasteiger charge is -2.40. The number of aliphatic hydroxyl groups is 2. The van der Waals surface area contributed by atoms with Crippen LogP contribution in [0.2, 0.25) is 0 Å². The number of aliphatic hydroxyl groups excluding tert-OH is 2. The van der Waals surface area contributed by atoms with Crippen LogP contribution in [0.3, 0.4) is 0 Å². The van der Waals surface area contributed by atoms with Crippen molar-refractivity contribution in [3.05, 3.63) is 109 Å². The summed E-state index contributed by atoms with van der Waals surface area (Å²) in [6, 6.07) is 0. The zero-order valence-electron chi connectivity index (χ0n) is 47.9. The van der Waals surface area contributed by atoms with E-state index in [1.807, 2.05) is 12.2 Å². The van der Waals surface area contributed by atoms with Crippen LogP contribution in [0, 0.1) is 0 Å². The number of rotatable bonds is 49. The maximum atomic E-state index is 13.1. The molecule has 1 heterocycles. The van der Waals surface area contributed by atoms with Crippen LogP contribution in [0.25, 0.3) is 0 Å². The summed E-state index contributed by atoms with van der Waals surface area (Å²) in [7, 11) is 0. The molecule has 436 valence electrons. The average Bonchev–Trinajstić information content (AvgIpc) is 3.42. The zero-order valence-corrected chi connectivity index (χ0v) is 47.9. The Kier molecular flexibility index (Phi) is 47.6. The van der Waals surface area contributed by atoms with Crippen LogP contribution < -0.4 is 0 Å². The Bertz CT molecular complexity index is 1750. The highest BCUT2D eigenvalue weighted by molar-refractivity contribution is 5.74. The summed E-state index contributed by atoms with van der Waals surface area (Å²) in [4.78, 5) is 51.1. The van der Waals surface area contributed by atoms with Crippen molar-refractivity contribution in [2.75, 3.05) is 13.2 Å². The van der Waals surface area contributed by atoms with Gasteiger partial charge in [0.25, 0.3) is 0 Å². The lowest BCUT2D eigenvalue weighted by Crippen LogP contribution is -2.61. The first kappa shape index (κ1) is 70.4. The van der Waals surface area contributed by atoms with Gasteiger partial charge in [0.2, 0.25) is 0 Å². The lowest BCUT2D eigenvalue weighted by atomic mass is 9.98. The first-order chi connectivity index (χ1) is 37.6. The Morgan fingerprint density at radius 1 is 0.455 bits per heavy atom. The molecule has 0 aromatic heterocycles. The van der Waals surface area contributed by atoms with Crippen LogP contribution in [0.5, 0.6) is 0 Å². The summed E-state index contributed by atoms with van der Waals surface area (Å²) in [6.45, 7) is 5.72. The van der Waals surface area contributed by atoms with Crippen LogP contribution in [0.1, 0.15) is 226 Å². The van der Waals surface area contributed by atoms with E-state index in [0.29, 0.717) is 19.3 Å². The highest BCUT2D eigenvalue weighted by Crippen LogP contribution is 2.26. The van der Waals surface area contributed by atoms with Gasteiger partial charge in [0, 0.05) is 12.8 Å². The number of ether oxygens (including phenoxy) is 5. The van der Waals surface area contributed by atoms with E-state index in [1.165, 1.54) is 38.5 Å². The molecular formula is C65H104O12. The number of aliphatic carboxylic acids is 1. The normalized spacial score (nSPS) is 18.8. The van der Waals surface area contributed by atoms with Gasteiger partial charge in [0.05, 0.1) is 13.0 Å². The van der Waals surface area contributed by atoms with Crippen molar-refractivity contribution in [1.29, 1.82) is 0 Å². The second-order valence-corrected chi connectivity index (χ2v) is 19.9. The standard InChI is InChI=1S/C65H104O12/c1-4-7-10-13-16-19-22-25-28-29-32-35-38-41-44-47-50-53-59(68)76-63-61(70)60(69)62(64(71)72)77-65(63)74-55-56(75-58(67)52-49-46-43-40-37-34-31-27-24-21-18-15-12-9-6-3)54-73-57(66)51-48-45-42-39-36-33-30-26-23-20-17-14-11-8-5-2/h8,11,16-21,25-28,30-31,36,39,45,48,56,60-63,65,69-70H,4-7,9-10,12-15,22-24,29,32-35,37-38,40-44,46-47,49-55H2,1-3H3,(H,71,72)/b11-8-,19-16-,20-17-,21-18-,28-25-,30-26-,31-27-,39-36-,48-45-. The van der Waals surface area contributed by atoms with Gasteiger partial charge >= 0.3 is 23.9 Å². The molecule has 6 atom stereocenters. The van der Waals surface area contributed by atoms with E-state index in [9.17, 15) is 34.5 Å². The van der Waals surface area contributed by atoms with E-state index in [0.717, 1.165) is 128 Å². The molecule has 0 amide bonds. The van der Waals surface area contributed by atoms with E-state index < -0.39 is 67.3 Å². The number of carbonyl (C=O) groups excluding carboxylic acids is 3. The molecule has 0 aliphatic carbocycles. The quantitative estimate of drug-likeness (QED) is 0.0228. The molecule has 77 heavy (non-hydrogen) atoms. The van der Waals surface area contributed by atoms with Gasteiger partial charge in [-0.05, 0) is 109 Å². The highest BCUT2D eigenvalue weighted by Gasteiger charge is 2.50. The molecule has 6 unspecified atom stereocenters. The molecule has 12 nitrogen and oxygen atoms in total. The summed E-state index contributed by atoms with van der Waals surface area (Å²) in [5.74, 6) is -3.32. The Morgan fingerprint density at radius 2 is 0.857 bits per heavy atom. The maximum absolute atomic E-state index is 13.1. The zero-order chi connectivity index (χ0) is 56.1. The van der Waals surface area contributed by atoms with Gasteiger partial charge in [-0.1, -0.05) is 207 Å². The summed E-state index contributed by atoms with van der Waals surface area (Å²) in [5, 5.41) is 31.5. The summed E-state index contributed by atoms with van der Waals surface area (Å²) >= 11 is 0. The van der Waals surface area contributed by atoms with Crippen molar-refractivity contribution >= 4 is 23.9 Å². The van der Waals surface area contributed by atoms with Crippen molar-refractivity contribution in [2.45, 2.75) is 263 Å². The van der Waals surface area contributed by atoms with Crippen molar-refractivity contribution in [2.24, 2.45) is 0 Å². The topological polar surface area (TPSA) is 175 Å². The Balaban J connectivity index is 2.76. The van der Waals surface area contributed by atoms with Gasteiger partial charge in [0.15, 0.2) is 24.6 Å². The second-order valence-electron chi connectivity index (χ2n) is 19.9. The number of allylic oxidation sites excluding steroid dienone is 17. The molecule has 0 saturated carbocycles. The van der Waals surface area contributed by atoms with Gasteiger partial charge in [0.1, 0.15) is 18.8 Å². The summed E-state index contributed by atoms with van der Waals surface area (Å²) in [5.41, 5.74) is 0. The van der Waals surface area contributed by atoms with Crippen molar-refractivity contribution < 1.29 is 58.2 Å². The molecule has 1 aliphatic rings. The lowest BCUT2D eigenvalue weighted by molar-refractivity contribution is -0.301. The van der Waals surface area contributed by atoms with Crippen LogP contribution in [0.4, 0.5) is 0 Å². The first-order valence-electron chi connectivity index (χ1n) is 29.9. The fourth-order valence-electron chi connectivity index (χ4n) is 8.26. The fourth-order valence-corrected chi connectivity index (χ4v) is 8.26. The van der Waals surface area contributed by atoms with Gasteiger partial charge in [-0.25, -0.2) is 4.79 Å².